The molecule has 1 N–H and O–H groups in total. The Kier molecular flexibility index (Phi) is 3.38. The molecule has 0 radical (unpaired) electrons. The van der Waals surface area contributed by atoms with Gasteiger partial charge in [-0.05, 0) is 46.3 Å². The van der Waals surface area contributed by atoms with E-state index < -0.39 is 0 Å². The van der Waals surface area contributed by atoms with Crippen LogP contribution in [0, 0.1) is 0 Å². The molecule has 1 heterocycles. The second-order valence-electron chi connectivity index (χ2n) is 2.98. The van der Waals surface area contributed by atoms with E-state index in [-0.39, 0.29) is 0 Å². The van der Waals surface area contributed by atoms with E-state index in [0.717, 1.165) is 20.6 Å². The molecule has 15 heavy (non-hydrogen) atoms. The number of nitrogens with zero attached hydrogens (tertiary/aromatic N) is 1. The van der Waals surface area contributed by atoms with Gasteiger partial charge in [0.1, 0.15) is 10.4 Å². The van der Waals surface area contributed by atoms with Gasteiger partial charge in [0, 0.05) is 10.2 Å². The van der Waals surface area contributed by atoms with Crippen molar-refractivity contribution in [1.82, 2.24) is 4.98 Å². The Hall–Kier alpha value is -0.870. The maximum Gasteiger partial charge on any atom is 0.131 e. The normalized spacial score (nSPS) is 10.0. The molecular formula is C11H8Br2N2. The van der Waals surface area contributed by atoms with Crippen LogP contribution in [0.3, 0.4) is 0 Å². The molecule has 0 saturated carbocycles. The number of halogens is 2. The lowest BCUT2D eigenvalue weighted by Crippen LogP contribution is -1.92. The molecule has 0 aliphatic rings. The zero-order valence-corrected chi connectivity index (χ0v) is 10.9. The molecule has 2 nitrogen and oxygen atoms in total. The average Bonchev–Trinajstić information content (AvgIpc) is 2.17. The van der Waals surface area contributed by atoms with E-state index >= 15 is 0 Å². The first-order valence-corrected chi connectivity index (χ1v) is 5.98. The number of nitrogens with one attached hydrogen (secondary N) is 1. The topological polar surface area (TPSA) is 24.9 Å². The lowest BCUT2D eigenvalue weighted by Gasteiger charge is -2.05. The Labute approximate surface area is 105 Å². The maximum absolute atomic E-state index is 4.29. The van der Waals surface area contributed by atoms with Crippen LogP contribution in [-0.4, -0.2) is 4.98 Å². The molecule has 0 aliphatic carbocycles. The molecular weight excluding hydrogens is 320 g/mol. The summed E-state index contributed by atoms with van der Waals surface area (Å²) in [4.78, 5) is 4.29. The summed E-state index contributed by atoms with van der Waals surface area (Å²) in [7, 11) is 0. The van der Waals surface area contributed by atoms with Crippen molar-refractivity contribution in [3.05, 3.63) is 51.5 Å². The van der Waals surface area contributed by atoms with Crippen LogP contribution in [0.25, 0.3) is 0 Å². The predicted molar refractivity (Wildman–Crippen MR) is 69.4 cm³/mol. The van der Waals surface area contributed by atoms with Crippen LogP contribution in [0.4, 0.5) is 11.5 Å². The molecule has 0 unspecified atom stereocenters. The average molecular weight is 328 g/mol. The summed E-state index contributed by atoms with van der Waals surface area (Å²) in [6, 6.07) is 13.7. The van der Waals surface area contributed by atoms with Crippen LogP contribution in [-0.2, 0) is 0 Å². The second kappa shape index (κ2) is 4.77. The summed E-state index contributed by atoms with van der Waals surface area (Å²) in [5, 5.41) is 3.21. The highest BCUT2D eigenvalue weighted by molar-refractivity contribution is 9.10. The summed E-state index contributed by atoms with van der Waals surface area (Å²) < 4.78 is 1.87. The SMILES string of the molecule is Brc1cccc(Nc2cccc(Br)n2)c1. The van der Waals surface area contributed by atoms with Gasteiger partial charge in [0.15, 0.2) is 0 Å². The molecule has 0 bridgehead atoms. The van der Waals surface area contributed by atoms with Crippen molar-refractivity contribution in [3.8, 4) is 0 Å². The number of benzene rings is 1. The van der Waals surface area contributed by atoms with E-state index in [9.17, 15) is 0 Å². The minimum Gasteiger partial charge on any atom is -0.340 e. The van der Waals surface area contributed by atoms with Crippen LogP contribution in [0.15, 0.2) is 51.5 Å². The molecule has 0 aliphatic heterocycles. The van der Waals surface area contributed by atoms with Crippen molar-refractivity contribution in [2.24, 2.45) is 0 Å². The van der Waals surface area contributed by atoms with E-state index in [1.54, 1.807) is 0 Å². The van der Waals surface area contributed by atoms with E-state index in [1.165, 1.54) is 0 Å². The summed E-state index contributed by atoms with van der Waals surface area (Å²) in [6.45, 7) is 0. The molecule has 0 spiro atoms. The molecule has 1 aromatic carbocycles. The van der Waals surface area contributed by atoms with Gasteiger partial charge in [-0.3, -0.25) is 0 Å². The van der Waals surface area contributed by atoms with Crippen molar-refractivity contribution in [2.75, 3.05) is 5.32 Å². The van der Waals surface area contributed by atoms with Gasteiger partial charge >= 0.3 is 0 Å². The lowest BCUT2D eigenvalue weighted by atomic mass is 10.3. The van der Waals surface area contributed by atoms with Crippen LogP contribution >= 0.6 is 31.9 Å². The quantitative estimate of drug-likeness (QED) is 0.829. The van der Waals surface area contributed by atoms with Crippen LogP contribution in [0.5, 0.6) is 0 Å². The number of hydrogen-bond acceptors (Lipinski definition) is 2. The van der Waals surface area contributed by atoms with Gasteiger partial charge in [-0.15, -0.1) is 0 Å². The Morgan fingerprint density at radius 1 is 1.00 bits per heavy atom. The molecule has 76 valence electrons. The van der Waals surface area contributed by atoms with Crippen molar-refractivity contribution in [3.63, 3.8) is 0 Å². The van der Waals surface area contributed by atoms with Crippen molar-refractivity contribution in [1.29, 1.82) is 0 Å². The first kappa shape index (κ1) is 10.6. The Balaban J connectivity index is 2.22. The van der Waals surface area contributed by atoms with E-state index in [1.807, 2.05) is 42.5 Å². The molecule has 4 heteroatoms. The van der Waals surface area contributed by atoms with Gasteiger partial charge in [-0.2, -0.15) is 0 Å². The zero-order valence-electron chi connectivity index (χ0n) is 7.74. The molecule has 0 amide bonds. The van der Waals surface area contributed by atoms with Crippen molar-refractivity contribution in [2.45, 2.75) is 0 Å². The second-order valence-corrected chi connectivity index (χ2v) is 4.71. The monoisotopic (exact) mass is 326 g/mol. The molecule has 0 fully saturated rings. The summed E-state index contributed by atoms with van der Waals surface area (Å²) in [5.41, 5.74) is 1.01. The smallest absolute Gasteiger partial charge is 0.131 e. The number of aromatic nitrogens is 1. The fourth-order valence-corrected chi connectivity index (χ4v) is 1.93. The maximum atomic E-state index is 4.29. The standard InChI is InChI=1S/C11H8Br2N2/c12-8-3-1-4-9(7-8)14-11-6-2-5-10(13)15-11/h1-7H,(H,14,15). The minimum absolute atomic E-state index is 0.822. The highest BCUT2D eigenvalue weighted by Crippen LogP contribution is 2.20. The number of rotatable bonds is 2. The first-order chi connectivity index (χ1) is 7.24. The van der Waals surface area contributed by atoms with Crippen LogP contribution < -0.4 is 5.32 Å². The fourth-order valence-electron chi connectivity index (χ4n) is 1.19. The predicted octanol–water partition coefficient (Wildman–Crippen LogP) is 4.35. The van der Waals surface area contributed by atoms with Crippen LogP contribution in [0.1, 0.15) is 0 Å². The summed E-state index contributed by atoms with van der Waals surface area (Å²) >= 11 is 6.75. The minimum atomic E-state index is 0.822. The fraction of sp³-hybridized carbons (Fsp3) is 0. The Bertz CT molecular complexity index is 428. The van der Waals surface area contributed by atoms with Gasteiger partial charge < -0.3 is 5.32 Å². The number of pyridine rings is 1. The summed E-state index contributed by atoms with van der Waals surface area (Å²) in [5.74, 6) is 0.822. The molecule has 2 aromatic rings. The third kappa shape index (κ3) is 3.04. The van der Waals surface area contributed by atoms with Gasteiger partial charge in [0.05, 0.1) is 0 Å². The lowest BCUT2D eigenvalue weighted by molar-refractivity contribution is 1.26. The van der Waals surface area contributed by atoms with E-state index in [4.69, 9.17) is 0 Å². The molecule has 0 atom stereocenters. The van der Waals surface area contributed by atoms with Gasteiger partial charge in [0.25, 0.3) is 0 Å². The van der Waals surface area contributed by atoms with Crippen molar-refractivity contribution >= 4 is 43.4 Å². The van der Waals surface area contributed by atoms with Gasteiger partial charge in [0.2, 0.25) is 0 Å². The first-order valence-electron chi connectivity index (χ1n) is 4.39. The van der Waals surface area contributed by atoms with Crippen LogP contribution in [0.2, 0.25) is 0 Å². The Morgan fingerprint density at radius 3 is 2.53 bits per heavy atom. The molecule has 0 saturated heterocycles. The molecule has 2 rings (SSSR count). The van der Waals surface area contributed by atoms with E-state index in [0.29, 0.717) is 0 Å². The largest absolute Gasteiger partial charge is 0.340 e. The van der Waals surface area contributed by atoms with Gasteiger partial charge in [-0.1, -0.05) is 28.1 Å². The third-order valence-corrected chi connectivity index (χ3v) is 2.75. The highest BCUT2D eigenvalue weighted by atomic mass is 79.9. The van der Waals surface area contributed by atoms with Crippen molar-refractivity contribution < 1.29 is 0 Å². The number of hydrogen-bond donors (Lipinski definition) is 1. The Morgan fingerprint density at radius 2 is 1.80 bits per heavy atom. The van der Waals surface area contributed by atoms with Gasteiger partial charge in [-0.25, -0.2) is 4.98 Å². The third-order valence-electron chi connectivity index (χ3n) is 1.81. The zero-order chi connectivity index (χ0) is 10.7. The van der Waals surface area contributed by atoms with E-state index in [2.05, 4.69) is 42.2 Å². The summed E-state index contributed by atoms with van der Waals surface area (Å²) in [6.07, 6.45) is 0. The molecule has 1 aromatic heterocycles. The number of anilines is 2. The highest BCUT2D eigenvalue weighted by Gasteiger charge is 1.96.